The lowest BCUT2D eigenvalue weighted by molar-refractivity contribution is 0.305. The van der Waals surface area contributed by atoms with E-state index in [0.717, 1.165) is 46.4 Å². The molecule has 1 saturated heterocycles. The number of hydrazine groups is 1. The van der Waals surface area contributed by atoms with E-state index in [9.17, 15) is 0 Å². The van der Waals surface area contributed by atoms with Crippen LogP contribution in [-0.4, -0.2) is 0 Å². The molecule has 2 aliphatic rings. The molecule has 0 saturated carbocycles. The van der Waals surface area contributed by atoms with Crippen molar-refractivity contribution in [2.24, 2.45) is 5.73 Å². The standard InChI is InChI=1S/C35H34N4O.C7H8/c1-24(36)14-15-27-17-18-30(22-33(27)40-23-25-8-3-2-4-9-25)29-12-7-13-31(21-29)34-37-35(39-38-34)32-19-16-26-10-5-6-11-28(26)20-32;1-7-5-3-2-4-6-7/h2-4,6-9,11-22,34-35,37-39H,1,5,10,23,36H2;2-6H,1H3/b15-14-;. The van der Waals surface area contributed by atoms with Crippen LogP contribution in [-0.2, 0) is 13.0 Å². The summed E-state index contributed by atoms with van der Waals surface area (Å²) in [5.74, 6) is 0.796. The molecule has 0 amide bonds. The summed E-state index contributed by atoms with van der Waals surface area (Å²) in [5, 5.41) is 3.70. The van der Waals surface area contributed by atoms with E-state index in [2.05, 4.69) is 127 Å². The second-order valence-corrected chi connectivity index (χ2v) is 11.9. The van der Waals surface area contributed by atoms with Gasteiger partial charge < -0.3 is 10.5 Å². The Labute approximate surface area is 278 Å². The summed E-state index contributed by atoms with van der Waals surface area (Å²) in [7, 11) is 0. The number of fused-ring (bicyclic) bond motifs is 1. The van der Waals surface area contributed by atoms with Crippen molar-refractivity contribution in [3.05, 3.63) is 185 Å². The number of rotatable bonds is 8. The predicted molar refractivity (Wildman–Crippen MR) is 195 cm³/mol. The molecule has 2 atom stereocenters. The highest BCUT2D eigenvalue weighted by atomic mass is 16.5. The van der Waals surface area contributed by atoms with Gasteiger partial charge in [0.2, 0.25) is 0 Å². The number of nitrogens with one attached hydrogen (secondary N) is 3. The Bertz CT molecular complexity index is 1860. The van der Waals surface area contributed by atoms with E-state index < -0.39 is 0 Å². The van der Waals surface area contributed by atoms with E-state index in [1.165, 1.54) is 22.3 Å². The van der Waals surface area contributed by atoms with E-state index in [4.69, 9.17) is 10.5 Å². The van der Waals surface area contributed by atoms with E-state index in [0.29, 0.717) is 12.3 Å². The average molecular weight is 619 g/mol. The smallest absolute Gasteiger partial charge is 0.127 e. The van der Waals surface area contributed by atoms with Gasteiger partial charge in [0.25, 0.3) is 0 Å². The Morgan fingerprint density at radius 1 is 0.809 bits per heavy atom. The molecule has 47 heavy (non-hydrogen) atoms. The number of nitrogens with two attached hydrogens (primary N) is 1. The van der Waals surface area contributed by atoms with Crippen molar-refractivity contribution in [2.75, 3.05) is 0 Å². The third kappa shape index (κ3) is 8.54. The molecule has 1 aliphatic heterocycles. The van der Waals surface area contributed by atoms with Crippen LogP contribution in [0.5, 0.6) is 5.75 Å². The topological polar surface area (TPSA) is 71.3 Å². The molecule has 1 heterocycles. The van der Waals surface area contributed by atoms with Crippen LogP contribution in [0.4, 0.5) is 0 Å². The maximum atomic E-state index is 6.29. The predicted octanol–water partition coefficient (Wildman–Crippen LogP) is 8.77. The van der Waals surface area contributed by atoms with Crippen LogP contribution in [0, 0.1) is 6.92 Å². The van der Waals surface area contributed by atoms with Crippen LogP contribution < -0.4 is 26.6 Å². The maximum absolute atomic E-state index is 6.29. The van der Waals surface area contributed by atoms with Gasteiger partial charge >= 0.3 is 0 Å². The Hall–Kier alpha value is -5.20. The molecule has 0 bridgehead atoms. The Morgan fingerprint density at radius 2 is 1.53 bits per heavy atom. The monoisotopic (exact) mass is 618 g/mol. The van der Waals surface area contributed by atoms with Crippen molar-refractivity contribution in [1.82, 2.24) is 16.2 Å². The molecule has 1 fully saturated rings. The summed E-state index contributed by atoms with van der Waals surface area (Å²) in [6.45, 7) is 6.35. The molecule has 5 nitrogen and oxygen atoms in total. The lowest BCUT2D eigenvalue weighted by Gasteiger charge is -2.17. The molecule has 0 radical (unpaired) electrons. The molecule has 2 unspecified atom stereocenters. The largest absolute Gasteiger partial charge is 0.488 e. The molecule has 5 heteroatoms. The first-order valence-corrected chi connectivity index (χ1v) is 16.1. The van der Waals surface area contributed by atoms with E-state index in [1.54, 1.807) is 6.08 Å². The van der Waals surface area contributed by atoms with E-state index in [-0.39, 0.29) is 12.3 Å². The molecule has 0 aromatic heterocycles. The minimum atomic E-state index is -0.0249. The van der Waals surface area contributed by atoms with Gasteiger partial charge in [0.1, 0.15) is 12.4 Å². The third-order valence-corrected chi connectivity index (χ3v) is 8.31. The van der Waals surface area contributed by atoms with Crippen LogP contribution >= 0.6 is 0 Å². The number of hydrogen-bond acceptors (Lipinski definition) is 5. The Kier molecular flexibility index (Phi) is 10.4. The van der Waals surface area contributed by atoms with E-state index >= 15 is 0 Å². The highest BCUT2D eigenvalue weighted by Crippen LogP contribution is 2.32. The quantitative estimate of drug-likeness (QED) is 0.131. The van der Waals surface area contributed by atoms with Crippen molar-refractivity contribution in [1.29, 1.82) is 0 Å². The number of hydrogen-bond donors (Lipinski definition) is 4. The molecule has 0 spiro atoms. The lowest BCUT2D eigenvalue weighted by atomic mass is 9.95. The molecule has 1 aliphatic carbocycles. The summed E-state index contributed by atoms with van der Waals surface area (Å²) >= 11 is 0. The summed E-state index contributed by atoms with van der Waals surface area (Å²) in [4.78, 5) is 0. The first-order valence-electron chi connectivity index (χ1n) is 16.1. The summed E-state index contributed by atoms with van der Waals surface area (Å²) in [5.41, 5.74) is 23.9. The van der Waals surface area contributed by atoms with Gasteiger partial charge in [-0.15, -0.1) is 0 Å². The number of ether oxygens (including phenoxy) is 1. The molecule has 7 rings (SSSR count). The van der Waals surface area contributed by atoms with Gasteiger partial charge in [-0.1, -0.05) is 127 Å². The van der Waals surface area contributed by atoms with Gasteiger partial charge in [-0.25, -0.2) is 10.9 Å². The van der Waals surface area contributed by atoms with E-state index in [1.807, 2.05) is 42.5 Å². The van der Waals surface area contributed by atoms with Crippen LogP contribution in [0.25, 0.3) is 23.3 Å². The van der Waals surface area contributed by atoms with Crippen molar-refractivity contribution in [2.45, 2.75) is 38.7 Å². The van der Waals surface area contributed by atoms with Crippen molar-refractivity contribution in [3.8, 4) is 16.9 Å². The fourth-order valence-corrected chi connectivity index (χ4v) is 5.74. The highest BCUT2D eigenvalue weighted by molar-refractivity contribution is 5.71. The van der Waals surface area contributed by atoms with Crippen LogP contribution in [0.1, 0.15) is 57.7 Å². The minimum Gasteiger partial charge on any atom is -0.488 e. The summed E-state index contributed by atoms with van der Waals surface area (Å²) in [6.07, 6.45) is 10.5. The fraction of sp³-hybridized carbons (Fsp3) is 0.143. The number of aryl methyl sites for hydroxylation is 2. The number of benzene rings is 5. The zero-order valence-corrected chi connectivity index (χ0v) is 26.8. The second kappa shape index (κ2) is 15.4. The zero-order chi connectivity index (χ0) is 32.4. The van der Waals surface area contributed by atoms with Crippen molar-refractivity contribution >= 4 is 12.2 Å². The maximum Gasteiger partial charge on any atom is 0.127 e. The number of allylic oxidation sites excluding steroid dienone is 2. The summed E-state index contributed by atoms with van der Waals surface area (Å²) < 4.78 is 6.29. The van der Waals surface area contributed by atoms with Crippen LogP contribution in [0.3, 0.4) is 0 Å². The molecular formula is C42H42N4O. The average Bonchev–Trinajstić information content (AvgIpc) is 3.62. The first-order chi connectivity index (χ1) is 23.0. The molecule has 5 aromatic rings. The van der Waals surface area contributed by atoms with Gasteiger partial charge in [0.05, 0.1) is 12.3 Å². The van der Waals surface area contributed by atoms with Gasteiger partial charge in [0.15, 0.2) is 0 Å². The normalized spacial score (nSPS) is 16.7. The van der Waals surface area contributed by atoms with Crippen molar-refractivity contribution in [3.63, 3.8) is 0 Å². The van der Waals surface area contributed by atoms with Crippen LogP contribution in [0.15, 0.2) is 146 Å². The third-order valence-electron chi connectivity index (χ3n) is 8.31. The van der Waals surface area contributed by atoms with Crippen LogP contribution in [0.2, 0.25) is 0 Å². The molecule has 5 N–H and O–H groups in total. The Morgan fingerprint density at radius 3 is 2.26 bits per heavy atom. The van der Waals surface area contributed by atoms with Gasteiger partial charge in [-0.3, -0.25) is 5.32 Å². The highest BCUT2D eigenvalue weighted by Gasteiger charge is 2.25. The minimum absolute atomic E-state index is 0.0237. The molecule has 236 valence electrons. The van der Waals surface area contributed by atoms with Crippen molar-refractivity contribution < 1.29 is 4.74 Å². The first kappa shape index (κ1) is 31.8. The lowest BCUT2D eigenvalue weighted by Crippen LogP contribution is -2.26. The fourth-order valence-electron chi connectivity index (χ4n) is 5.74. The SMILES string of the molecule is C=C(N)/C=C\c1ccc(-c2cccc(C3NNC(c4ccc5c(c4)C=CCC5)N3)c2)cc1OCc1ccccc1.Cc1ccccc1. The van der Waals surface area contributed by atoms with Gasteiger partial charge in [-0.2, -0.15) is 0 Å². The van der Waals surface area contributed by atoms with Gasteiger partial charge in [-0.05, 0) is 89.1 Å². The Balaban J connectivity index is 0.000000491. The molecular weight excluding hydrogens is 576 g/mol. The summed E-state index contributed by atoms with van der Waals surface area (Å²) in [6, 6.07) is 42.1. The second-order valence-electron chi connectivity index (χ2n) is 11.9. The van der Waals surface area contributed by atoms with Gasteiger partial charge in [0, 0.05) is 11.3 Å². The molecule has 5 aromatic carbocycles. The zero-order valence-electron chi connectivity index (χ0n) is 26.8.